The van der Waals surface area contributed by atoms with Gasteiger partial charge in [-0.1, -0.05) is 19.1 Å². The van der Waals surface area contributed by atoms with Crippen molar-refractivity contribution in [2.24, 2.45) is 5.92 Å². The summed E-state index contributed by atoms with van der Waals surface area (Å²) in [5, 5.41) is 3.52. The van der Waals surface area contributed by atoms with E-state index in [1.165, 1.54) is 12.0 Å². The minimum atomic E-state index is 0.505. The second kappa shape index (κ2) is 4.01. The molecule has 1 heterocycles. The molecule has 76 valence electrons. The van der Waals surface area contributed by atoms with Gasteiger partial charge in [-0.15, -0.1) is 0 Å². The fourth-order valence-corrected chi connectivity index (χ4v) is 2.12. The van der Waals surface area contributed by atoms with Crippen LogP contribution < -0.4 is 10.1 Å². The summed E-state index contributed by atoms with van der Waals surface area (Å²) in [4.78, 5) is 0. The molecule has 0 aromatic heterocycles. The van der Waals surface area contributed by atoms with Crippen molar-refractivity contribution in [3.8, 4) is 5.75 Å². The maximum absolute atomic E-state index is 5.22. The van der Waals surface area contributed by atoms with Gasteiger partial charge in [0.05, 0.1) is 7.11 Å². The molecule has 1 saturated heterocycles. The first-order chi connectivity index (χ1) is 6.81. The lowest BCUT2D eigenvalue weighted by Crippen LogP contribution is -2.16. The summed E-state index contributed by atoms with van der Waals surface area (Å²) in [7, 11) is 1.71. The van der Waals surface area contributed by atoms with E-state index in [1.54, 1.807) is 7.11 Å². The van der Waals surface area contributed by atoms with Gasteiger partial charge in [0.1, 0.15) is 5.75 Å². The molecule has 0 spiro atoms. The molecule has 0 aliphatic carbocycles. The molecule has 2 heteroatoms. The maximum Gasteiger partial charge on any atom is 0.119 e. The van der Waals surface area contributed by atoms with E-state index in [-0.39, 0.29) is 0 Å². The van der Waals surface area contributed by atoms with Crippen molar-refractivity contribution in [3.05, 3.63) is 29.8 Å². The Morgan fingerprint density at radius 1 is 1.43 bits per heavy atom. The van der Waals surface area contributed by atoms with Gasteiger partial charge in [0, 0.05) is 6.04 Å². The van der Waals surface area contributed by atoms with Crippen LogP contribution in [0.5, 0.6) is 5.75 Å². The molecule has 1 aromatic carbocycles. The number of benzene rings is 1. The number of hydrogen-bond donors (Lipinski definition) is 1. The zero-order valence-electron chi connectivity index (χ0n) is 8.79. The van der Waals surface area contributed by atoms with Crippen LogP contribution in [-0.2, 0) is 0 Å². The highest BCUT2D eigenvalue weighted by Gasteiger charge is 2.24. The predicted octanol–water partition coefficient (Wildman–Crippen LogP) is 2.37. The highest BCUT2D eigenvalue weighted by molar-refractivity contribution is 5.31. The molecule has 1 aliphatic rings. The maximum atomic E-state index is 5.22. The van der Waals surface area contributed by atoms with E-state index in [1.807, 2.05) is 6.07 Å². The highest BCUT2D eigenvalue weighted by atomic mass is 16.5. The second-order valence-electron chi connectivity index (χ2n) is 3.97. The van der Waals surface area contributed by atoms with Gasteiger partial charge in [0.25, 0.3) is 0 Å². The van der Waals surface area contributed by atoms with Crippen molar-refractivity contribution in [2.75, 3.05) is 13.7 Å². The van der Waals surface area contributed by atoms with Crippen molar-refractivity contribution in [3.63, 3.8) is 0 Å². The minimum Gasteiger partial charge on any atom is -0.497 e. The lowest BCUT2D eigenvalue weighted by atomic mass is 9.96. The SMILES string of the molecule is COc1cccc([C@H]2NCC[C@@H]2C)c1. The van der Waals surface area contributed by atoms with E-state index in [0.717, 1.165) is 18.2 Å². The predicted molar refractivity (Wildman–Crippen MR) is 57.5 cm³/mol. The summed E-state index contributed by atoms with van der Waals surface area (Å²) >= 11 is 0. The van der Waals surface area contributed by atoms with Crippen LogP contribution in [0.1, 0.15) is 24.9 Å². The van der Waals surface area contributed by atoms with Crippen LogP contribution in [0.4, 0.5) is 0 Å². The average Bonchev–Trinajstić information content (AvgIpc) is 2.65. The van der Waals surface area contributed by atoms with E-state index >= 15 is 0 Å². The van der Waals surface area contributed by atoms with Gasteiger partial charge >= 0.3 is 0 Å². The van der Waals surface area contributed by atoms with Crippen LogP contribution in [0.15, 0.2) is 24.3 Å². The van der Waals surface area contributed by atoms with E-state index in [2.05, 4.69) is 30.4 Å². The van der Waals surface area contributed by atoms with Crippen molar-refractivity contribution in [2.45, 2.75) is 19.4 Å². The van der Waals surface area contributed by atoms with Gasteiger partial charge < -0.3 is 10.1 Å². The first kappa shape index (κ1) is 9.53. The van der Waals surface area contributed by atoms with Crippen LogP contribution >= 0.6 is 0 Å². The first-order valence-electron chi connectivity index (χ1n) is 5.18. The molecule has 0 amide bonds. The topological polar surface area (TPSA) is 21.3 Å². The summed E-state index contributed by atoms with van der Waals surface area (Å²) in [6.07, 6.45) is 1.27. The van der Waals surface area contributed by atoms with Gasteiger partial charge in [-0.2, -0.15) is 0 Å². The van der Waals surface area contributed by atoms with Gasteiger partial charge in [-0.3, -0.25) is 0 Å². The monoisotopic (exact) mass is 191 g/mol. The van der Waals surface area contributed by atoms with Gasteiger partial charge in [-0.25, -0.2) is 0 Å². The highest BCUT2D eigenvalue weighted by Crippen LogP contribution is 2.30. The molecule has 0 bridgehead atoms. The molecular weight excluding hydrogens is 174 g/mol. The molecule has 2 rings (SSSR count). The Morgan fingerprint density at radius 2 is 2.29 bits per heavy atom. The first-order valence-corrected chi connectivity index (χ1v) is 5.18. The van der Waals surface area contributed by atoms with E-state index in [0.29, 0.717) is 6.04 Å². The summed E-state index contributed by atoms with van der Waals surface area (Å²) in [6.45, 7) is 3.42. The smallest absolute Gasteiger partial charge is 0.119 e. The largest absolute Gasteiger partial charge is 0.497 e. The van der Waals surface area contributed by atoms with Crippen molar-refractivity contribution in [1.29, 1.82) is 0 Å². The molecule has 2 nitrogen and oxygen atoms in total. The molecule has 0 saturated carbocycles. The Balaban J connectivity index is 2.22. The third kappa shape index (κ3) is 1.75. The zero-order valence-corrected chi connectivity index (χ0v) is 8.79. The average molecular weight is 191 g/mol. The summed E-state index contributed by atoms with van der Waals surface area (Å²) in [5.74, 6) is 1.67. The quantitative estimate of drug-likeness (QED) is 0.775. The number of hydrogen-bond acceptors (Lipinski definition) is 2. The van der Waals surface area contributed by atoms with Gasteiger partial charge in [0.2, 0.25) is 0 Å². The van der Waals surface area contributed by atoms with Crippen molar-refractivity contribution >= 4 is 0 Å². The van der Waals surface area contributed by atoms with E-state index < -0.39 is 0 Å². The zero-order chi connectivity index (χ0) is 9.97. The number of nitrogens with one attached hydrogen (secondary N) is 1. The molecule has 14 heavy (non-hydrogen) atoms. The Morgan fingerprint density at radius 3 is 2.93 bits per heavy atom. The van der Waals surface area contributed by atoms with Gasteiger partial charge in [0.15, 0.2) is 0 Å². The Kier molecular flexibility index (Phi) is 2.73. The Bertz CT molecular complexity index is 311. The molecule has 1 N–H and O–H groups in total. The van der Waals surface area contributed by atoms with E-state index in [4.69, 9.17) is 4.74 Å². The fraction of sp³-hybridized carbons (Fsp3) is 0.500. The number of methoxy groups -OCH3 is 1. The normalized spacial score (nSPS) is 26.4. The molecule has 0 radical (unpaired) electrons. The summed E-state index contributed by atoms with van der Waals surface area (Å²) in [5.41, 5.74) is 1.34. The molecule has 1 fully saturated rings. The number of ether oxygens (including phenoxy) is 1. The lowest BCUT2D eigenvalue weighted by Gasteiger charge is -2.16. The van der Waals surface area contributed by atoms with Crippen LogP contribution in [0.2, 0.25) is 0 Å². The third-order valence-electron chi connectivity index (χ3n) is 2.99. The molecule has 1 aromatic rings. The van der Waals surface area contributed by atoms with Crippen LogP contribution in [0.25, 0.3) is 0 Å². The standard InChI is InChI=1S/C12H17NO/c1-9-6-7-13-12(9)10-4-3-5-11(8-10)14-2/h3-5,8-9,12-13H,6-7H2,1-2H3/t9-,12-/m0/s1. The summed E-state index contributed by atoms with van der Waals surface area (Å²) < 4.78 is 5.22. The van der Waals surface area contributed by atoms with Crippen LogP contribution in [0.3, 0.4) is 0 Å². The Hall–Kier alpha value is -1.02. The summed E-state index contributed by atoms with van der Waals surface area (Å²) in [6, 6.07) is 8.84. The molecular formula is C12H17NO. The minimum absolute atomic E-state index is 0.505. The Labute approximate surface area is 85.3 Å². The van der Waals surface area contributed by atoms with Crippen molar-refractivity contribution in [1.82, 2.24) is 5.32 Å². The van der Waals surface area contributed by atoms with Gasteiger partial charge in [-0.05, 0) is 36.6 Å². The number of rotatable bonds is 2. The molecule has 0 unspecified atom stereocenters. The molecule has 2 atom stereocenters. The van der Waals surface area contributed by atoms with Crippen molar-refractivity contribution < 1.29 is 4.74 Å². The van der Waals surface area contributed by atoms with E-state index in [9.17, 15) is 0 Å². The third-order valence-corrected chi connectivity index (χ3v) is 2.99. The van der Waals surface area contributed by atoms with Crippen LogP contribution in [0, 0.1) is 5.92 Å². The fourth-order valence-electron chi connectivity index (χ4n) is 2.12. The molecule has 1 aliphatic heterocycles. The lowest BCUT2D eigenvalue weighted by molar-refractivity contribution is 0.412. The second-order valence-corrected chi connectivity index (χ2v) is 3.97. The van der Waals surface area contributed by atoms with Crippen LogP contribution in [-0.4, -0.2) is 13.7 Å².